The molecule has 0 fully saturated rings. The van der Waals surface area contributed by atoms with Gasteiger partial charge in [-0.15, -0.1) is 0 Å². The van der Waals surface area contributed by atoms with E-state index in [1.807, 2.05) is 4.72 Å². The fraction of sp³-hybridized carbons (Fsp3) is 0.0667. The van der Waals surface area contributed by atoms with Crippen LogP contribution in [0.25, 0.3) is 5.82 Å². The smallest absolute Gasteiger partial charge is 0.285 e. The molecular formula is C15H12ClN5O3S. The Balaban J connectivity index is 1.89. The van der Waals surface area contributed by atoms with Gasteiger partial charge in [0.15, 0.2) is 5.82 Å². The molecule has 10 heteroatoms. The zero-order chi connectivity index (χ0) is 18.0. The predicted molar refractivity (Wildman–Crippen MR) is 90.0 cm³/mol. The largest absolute Gasteiger partial charge is 0.289 e. The highest BCUT2D eigenvalue weighted by Crippen LogP contribution is 2.22. The van der Waals surface area contributed by atoms with E-state index >= 15 is 0 Å². The number of carbonyl (C=O) groups is 1. The number of rotatable bonds is 4. The molecule has 128 valence electrons. The minimum atomic E-state index is -4.15. The lowest BCUT2D eigenvalue weighted by atomic mass is 10.2. The van der Waals surface area contributed by atoms with E-state index in [4.69, 9.17) is 11.6 Å². The Bertz CT molecular complexity index is 1040. The molecule has 0 saturated carbocycles. The lowest BCUT2D eigenvalue weighted by Crippen LogP contribution is -2.31. The van der Waals surface area contributed by atoms with Crippen LogP contribution in [0.4, 0.5) is 0 Å². The van der Waals surface area contributed by atoms with Crippen LogP contribution in [0.3, 0.4) is 0 Å². The summed E-state index contributed by atoms with van der Waals surface area (Å²) in [5, 5.41) is 0.0177. The first-order chi connectivity index (χ1) is 11.9. The summed E-state index contributed by atoms with van der Waals surface area (Å²) >= 11 is 5.93. The number of hydrogen-bond acceptors (Lipinski definition) is 6. The van der Waals surface area contributed by atoms with Gasteiger partial charge in [-0.3, -0.25) is 14.3 Å². The van der Waals surface area contributed by atoms with Gasteiger partial charge in [-0.2, -0.15) is 0 Å². The van der Waals surface area contributed by atoms with Crippen molar-refractivity contribution in [1.29, 1.82) is 0 Å². The highest BCUT2D eigenvalue weighted by atomic mass is 35.5. The zero-order valence-corrected chi connectivity index (χ0v) is 14.5. The summed E-state index contributed by atoms with van der Waals surface area (Å²) in [6.07, 6.45) is 7.23. The molecule has 1 N–H and O–H groups in total. The Hall–Kier alpha value is -2.78. The van der Waals surface area contributed by atoms with E-state index in [1.165, 1.54) is 35.4 Å². The van der Waals surface area contributed by atoms with Gasteiger partial charge in [0, 0.05) is 12.4 Å². The molecule has 0 aliphatic carbocycles. The van der Waals surface area contributed by atoms with Gasteiger partial charge in [0.1, 0.15) is 16.9 Å². The highest BCUT2D eigenvalue weighted by molar-refractivity contribution is 7.90. The fourth-order valence-corrected chi connectivity index (χ4v) is 3.58. The van der Waals surface area contributed by atoms with E-state index in [-0.39, 0.29) is 15.6 Å². The minimum absolute atomic E-state index is 0.0177. The number of halogens is 1. The van der Waals surface area contributed by atoms with Gasteiger partial charge in [0.25, 0.3) is 15.9 Å². The summed E-state index contributed by atoms with van der Waals surface area (Å²) in [5.74, 6) is -0.580. The summed E-state index contributed by atoms with van der Waals surface area (Å²) < 4.78 is 28.3. The van der Waals surface area contributed by atoms with Gasteiger partial charge in [0.05, 0.1) is 17.4 Å². The highest BCUT2D eigenvalue weighted by Gasteiger charge is 2.23. The second-order valence-electron chi connectivity index (χ2n) is 5.10. The van der Waals surface area contributed by atoms with Gasteiger partial charge in [-0.1, -0.05) is 17.7 Å². The molecule has 1 amide bonds. The number of amides is 1. The molecule has 3 rings (SSSR count). The summed E-state index contributed by atoms with van der Waals surface area (Å²) in [6, 6.07) is 4.50. The molecule has 0 spiro atoms. The third kappa shape index (κ3) is 3.67. The quantitative estimate of drug-likeness (QED) is 0.742. The molecular weight excluding hydrogens is 366 g/mol. The van der Waals surface area contributed by atoms with Gasteiger partial charge in [-0.05, 0) is 24.6 Å². The lowest BCUT2D eigenvalue weighted by Gasteiger charge is -2.09. The average molecular weight is 378 g/mol. The van der Waals surface area contributed by atoms with Crippen molar-refractivity contribution in [2.24, 2.45) is 0 Å². The Labute approximate surface area is 148 Å². The number of nitrogens with one attached hydrogen (secondary N) is 1. The van der Waals surface area contributed by atoms with E-state index in [9.17, 15) is 13.2 Å². The number of imidazole rings is 1. The SMILES string of the molecule is Cc1ccc(Cl)c(S(=O)(=O)NC(=O)c2cncc(-n3ccnc3)n2)c1. The summed E-state index contributed by atoms with van der Waals surface area (Å²) in [5.41, 5.74) is 0.540. The molecule has 0 atom stereocenters. The first-order valence-electron chi connectivity index (χ1n) is 7.00. The maximum Gasteiger partial charge on any atom is 0.285 e. The number of carbonyl (C=O) groups excluding carboxylic acids is 1. The summed E-state index contributed by atoms with van der Waals surface area (Å²) in [6.45, 7) is 1.72. The molecule has 1 aromatic carbocycles. The van der Waals surface area contributed by atoms with Crippen LogP contribution in [0.1, 0.15) is 16.1 Å². The standard InChI is InChI=1S/C15H12ClN5O3S/c1-10-2-3-11(16)13(6-10)25(23,24)20-15(22)12-7-18-8-14(19-12)21-5-4-17-9-21/h2-9H,1H3,(H,20,22). The van der Waals surface area contributed by atoms with Crippen molar-refractivity contribution in [3.8, 4) is 5.82 Å². The van der Waals surface area contributed by atoms with Gasteiger partial charge < -0.3 is 0 Å². The Morgan fingerprint density at radius 3 is 2.76 bits per heavy atom. The van der Waals surface area contributed by atoms with E-state index in [1.54, 1.807) is 25.4 Å². The number of hydrogen-bond donors (Lipinski definition) is 1. The van der Waals surface area contributed by atoms with E-state index in [2.05, 4.69) is 15.0 Å². The van der Waals surface area contributed by atoms with Crippen molar-refractivity contribution < 1.29 is 13.2 Å². The van der Waals surface area contributed by atoms with Crippen LogP contribution in [0, 0.1) is 6.92 Å². The van der Waals surface area contributed by atoms with Crippen molar-refractivity contribution in [1.82, 2.24) is 24.2 Å². The van der Waals surface area contributed by atoms with Crippen molar-refractivity contribution >= 4 is 27.5 Å². The third-order valence-electron chi connectivity index (χ3n) is 3.23. The lowest BCUT2D eigenvalue weighted by molar-refractivity contribution is 0.0976. The minimum Gasteiger partial charge on any atom is -0.289 e. The zero-order valence-electron chi connectivity index (χ0n) is 12.9. The first kappa shape index (κ1) is 17.1. The second-order valence-corrected chi connectivity index (χ2v) is 7.16. The molecule has 0 aliphatic rings. The Morgan fingerprint density at radius 2 is 2.04 bits per heavy atom. The van der Waals surface area contributed by atoms with Crippen molar-refractivity contribution in [3.63, 3.8) is 0 Å². The molecule has 3 aromatic rings. The number of sulfonamides is 1. The normalized spacial score (nSPS) is 11.3. The molecule has 0 unspecified atom stereocenters. The molecule has 0 bridgehead atoms. The van der Waals surface area contributed by atoms with E-state index in [0.717, 1.165) is 0 Å². The maximum atomic E-state index is 12.4. The molecule has 2 heterocycles. The second kappa shape index (κ2) is 6.61. The van der Waals surface area contributed by atoms with Crippen LogP contribution in [0.15, 0.2) is 54.2 Å². The molecule has 2 aromatic heterocycles. The summed E-state index contributed by atoms with van der Waals surface area (Å²) in [7, 11) is -4.15. The van der Waals surface area contributed by atoms with Crippen LogP contribution in [0.2, 0.25) is 5.02 Å². The van der Waals surface area contributed by atoms with Crippen LogP contribution in [0.5, 0.6) is 0 Å². The fourth-order valence-electron chi connectivity index (χ4n) is 2.03. The predicted octanol–water partition coefficient (Wildman–Crippen LogP) is 1.74. The number of benzene rings is 1. The van der Waals surface area contributed by atoms with E-state index in [0.29, 0.717) is 11.4 Å². The van der Waals surface area contributed by atoms with Crippen molar-refractivity contribution in [2.75, 3.05) is 0 Å². The molecule has 0 radical (unpaired) electrons. The topological polar surface area (TPSA) is 107 Å². The molecule has 8 nitrogen and oxygen atoms in total. The summed E-state index contributed by atoms with van der Waals surface area (Å²) in [4.78, 5) is 24.0. The molecule has 0 saturated heterocycles. The Morgan fingerprint density at radius 1 is 1.24 bits per heavy atom. The average Bonchev–Trinajstić information content (AvgIpc) is 3.11. The molecule has 25 heavy (non-hydrogen) atoms. The van der Waals surface area contributed by atoms with E-state index < -0.39 is 15.9 Å². The first-order valence-corrected chi connectivity index (χ1v) is 8.86. The number of nitrogens with zero attached hydrogens (tertiary/aromatic N) is 4. The maximum absolute atomic E-state index is 12.4. The van der Waals surface area contributed by atoms with Crippen LogP contribution in [-0.2, 0) is 10.0 Å². The van der Waals surface area contributed by atoms with Crippen molar-refractivity contribution in [2.45, 2.75) is 11.8 Å². The van der Waals surface area contributed by atoms with Crippen LogP contribution >= 0.6 is 11.6 Å². The van der Waals surface area contributed by atoms with Crippen LogP contribution < -0.4 is 4.72 Å². The monoisotopic (exact) mass is 377 g/mol. The van der Waals surface area contributed by atoms with Gasteiger partial charge in [-0.25, -0.2) is 23.1 Å². The third-order valence-corrected chi connectivity index (χ3v) is 5.04. The number of aromatic nitrogens is 4. The van der Waals surface area contributed by atoms with Gasteiger partial charge in [0.2, 0.25) is 0 Å². The Kier molecular flexibility index (Phi) is 4.51. The van der Waals surface area contributed by atoms with Gasteiger partial charge >= 0.3 is 0 Å². The molecule has 0 aliphatic heterocycles. The van der Waals surface area contributed by atoms with Crippen molar-refractivity contribution in [3.05, 3.63) is 65.6 Å². The van der Waals surface area contributed by atoms with Crippen LogP contribution in [-0.4, -0.2) is 33.8 Å². The number of aryl methyl sites for hydroxylation is 1.